The second-order valence-corrected chi connectivity index (χ2v) is 5.47. The molecule has 0 fully saturated rings. The van der Waals surface area contributed by atoms with Gasteiger partial charge in [-0.05, 0) is 30.3 Å². The first-order valence-corrected chi connectivity index (χ1v) is 7.62. The largest absolute Gasteiger partial charge is 0.457 e. The van der Waals surface area contributed by atoms with Gasteiger partial charge in [-0.3, -0.25) is 4.79 Å². The Balaban J connectivity index is 2.36. The Bertz CT molecular complexity index is 908. The molecular formula is C18H12ClF3N2O2. The van der Waals surface area contributed by atoms with Gasteiger partial charge in [-0.15, -0.1) is 6.58 Å². The quantitative estimate of drug-likeness (QED) is 0.459. The summed E-state index contributed by atoms with van der Waals surface area (Å²) in [5.74, 6) is -0.419. The highest BCUT2D eigenvalue weighted by molar-refractivity contribution is 6.33. The summed E-state index contributed by atoms with van der Waals surface area (Å²) >= 11 is 5.96. The number of nitrogens with one attached hydrogen (secondary N) is 1. The zero-order chi connectivity index (χ0) is 19.3. The normalized spacial score (nSPS) is 11.7. The van der Waals surface area contributed by atoms with Gasteiger partial charge in [0.2, 0.25) is 0 Å². The van der Waals surface area contributed by atoms with Gasteiger partial charge in [0.25, 0.3) is 5.91 Å². The third kappa shape index (κ3) is 4.55. The number of nitrogens with zero attached hydrogens (tertiary/aromatic N) is 1. The lowest BCUT2D eigenvalue weighted by molar-refractivity contribution is -0.137. The third-order valence-electron chi connectivity index (χ3n) is 3.24. The molecule has 2 rings (SSSR count). The summed E-state index contributed by atoms with van der Waals surface area (Å²) in [6.45, 7) is 3.62. The van der Waals surface area contributed by atoms with Crippen LogP contribution in [0.15, 0.2) is 53.0 Å². The van der Waals surface area contributed by atoms with E-state index in [1.807, 2.05) is 0 Å². The Morgan fingerprint density at radius 2 is 2.08 bits per heavy atom. The Morgan fingerprint density at radius 1 is 1.35 bits per heavy atom. The van der Waals surface area contributed by atoms with Crippen LogP contribution in [0.25, 0.3) is 17.4 Å². The molecule has 0 saturated carbocycles. The van der Waals surface area contributed by atoms with Gasteiger partial charge in [0.1, 0.15) is 23.2 Å². The Kier molecular flexibility index (Phi) is 5.90. The van der Waals surface area contributed by atoms with Crippen molar-refractivity contribution in [3.8, 4) is 17.4 Å². The minimum Gasteiger partial charge on any atom is -0.457 e. The standard InChI is InChI=1S/C18H12ClF3N2O2/c1-2-7-24-17(25)11(10-23)8-13-4-6-16(26-13)14-9-12(18(20,21)22)3-5-15(14)19/h2-6,8-9H,1,7H2,(H,24,25). The molecule has 0 radical (unpaired) electrons. The van der Waals surface area contributed by atoms with Gasteiger partial charge in [0.15, 0.2) is 0 Å². The first kappa shape index (κ1) is 19.3. The van der Waals surface area contributed by atoms with Crippen LogP contribution in [0.5, 0.6) is 0 Å². The minimum atomic E-state index is -4.52. The van der Waals surface area contributed by atoms with E-state index in [9.17, 15) is 18.0 Å². The van der Waals surface area contributed by atoms with Gasteiger partial charge in [0.05, 0.1) is 10.6 Å². The minimum absolute atomic E-state index is 0.0516. The molecule has 134 valence electrons. The average molecular weight is 381 g/mol. The van der Waals surface area contributed by atoms with Gasteiger partial charge < -0.3 is 9.73 Å². The molecule has 1 amide bonds. The van der Waals surface area contributed by atoms with Gasteiger partial charge >= 0.3 is 6.18 Å². The van der Waals surface area contributed by atoms with Crippen molar-refractivity contribution in [2.45, 2.75) is 6.18 Å². The molecule has 0 atom stereocenters. The number of amides is 1. The van der Waals surface area contributed by atoms with E-state index in [2.05, 4.69) is 11.9 Å². The van der Waals surface area contributed by atoms with E-state index in [0.717, 1.165) is 18.2 Å². The van der Waals surface area contributed by atoms with Crippen LogP contribution in [0.1, 0.15) is 11.3 Å². The number of nitriles is 1. The monoisotopic (exact) mass is 380 g/mol. The van der Waals surface area contributed by atoms with Crippen molar-refractivity contribution in [2.24, 2.45) is 0 Å². The van der Waals surface area contributed by atoms with Crippen molar-refractivity contribution < 1.29 is 22.4 Å². The average Bonchev–Trinajstić information content (AvgIpc) is 3.05. The fraction of sp³-hybridized carbons (Fsp3) is 0.111. The van der Waals surface area contributed by atoms with Gasteiger partial charge in [-0.25, -0.2) is 0 Å². The molecule has 1 aromatic carbocycles. The SMILES string of the molecule is C=CCNC(=O)C(C#N)=Cc1ccc(-c2cc(C(F)(F)F)ccc2Cl)o1. The molecular weight excluding hydrogens is 369 g/mol. The second kappa shape index (κ2) is 7.93. The van der Waals surface area contributed by atoms with E-state index < -0.39 is 17.6 Å². The van der Waals surface area contributed by atoms with Crippen LogP contribution >= 0.6 is 11.6 Å². The fourth-order valence-electron chi connectivity index (χ4n) is 2.02. The molecule has 0 spiro atoms. The number of hydrogen-bond acceptors (Lipinski definition) is 3. The van der Waals surface area contributed by atoms with Crippen molar-refractivity contribution in [1.29, 1.82) is 5.26 Å². The summed E-state index contributed by atoms with van der Waals surface area (Å²) < 4.78 is 44.0. The van der Waals surface area contributed by atoms with Crippen molar-refractivity contribution in [2.75, 3.05) is 6.54 Å². The Morgan fingerprint density at radius 3 is 2.69 bits per heavy atom. The van der Waals surface area contributed by atoms with Gasteiger partial charge in [-0.1, -0.05) is 17.7 Å². The van der Waals surface area contributed by atoms with E-state index in [1.165, 1.54) is 24.3 Å². The molecule has 0 unspecified atom stereocenters. The summed E-state index contributed by atoms with van der Waals surface area (Å²) in [7, 11) is 0. The lowest BCUT2D eigenvalue weighted by Crippen LogP contribution is -2.24. The highest BCUT2D eigenvalue weighted by Crippen LogP contribution is 2.36. The van der Waals surface area contributed by atoms with E-state index in [0.29, 0.717) is 0 Å². The number of benzene rings is 1. The first-order chi connectivity index (χ1) is 12.3. The lowest BCUT2D eigenvalue weighted by Gasteiger charge is -2.09. The summed E-state index contributed by atoms with van der Waals surface area (Å²) in [4.78, 5) is 11.8. The predicted octanol–water partition coefficient (Wildman–Crippen LogP) is 4.83. The van der Waals surface area contributed by atoms with E-state index >= 15 is 0 Å². The van der Waals surface area contributed by atoms with Crippen LogP contribution in [0.4, 0.5) is 13.2 Å². The van der Waals surface area contributed by atoms with Crippen molar-refractivity contribution in [3.63, 3.8) is 0 Å². The van der Waals surface area contributed by atoms with Crippen LogP contribution in [0, 0.1) is 11.3 Å². The van der Waals surface area contributed by atoms with Crippen LogP contribution in [-0.4, -0.2) is 12.5 Å². The smallest absolute Gasteiger partial charge is 0.416 e. The van der Waals surface area contributed by atoms with E-state index in [1.54, 1.807) is 6.07 Å². The van der Waals surface area contributed by atoms with Crippen LogP contribution < -0.4 is 5.32 Å². The van der Waals surface area contributed by atoms with Gasteiger partial charge in [-0.2, -0.15) is 18.4 Å². The molecule has 1 heterocycles. The van der Waals surface area contributed by atoms with Crippen molar-refractivity contribution in [3.05, 3.63) is 64.9 Å². The summed E-state index contributed by atoms with van der Waals surface area (Å²) in [6, 6.07) is 7.42. The maximum atomic E-state index is 12.9. The summed E-state index contributed by atoms with van der Waals surface area (Å²) in [6.07, 6.45) is -1.89. The molecule has 0 aliphatic heterocycles. The highest BCUT2D eigenvalue weighted by Gasteiger charge is 2.31. The number of halogens is 4. The first-order valence-electron chi connectivity index (χ1n) is 7.24. The number of carbonyl (C=O) groups excluding carboxylic acids is 1. The predicted molar refractivity (Wildman–Crippen MR) is 91.0 cm³/mol. The maximum absolute atomic E-state index is 12.9. The molecule has 0 aliphatic rings. The molecule has 0 bridgehead atoms. The number of rotatable bonds is 5. The van der Waals surface area contributed by atoms with Crippen LogP contribution in [0.3, 0.4) is 0 Å². The topological polar surface area (TPSA) is 66.0 Å². The zero-order valence-corrected chi connectivity index (χ0v) is 14.0. The van der Waals surface area contributed by atoms with Crippen molar-refractivity contribution >= 4 is 23.6 Å². The van der Waals surface area contributed by atoms with Crippen LogP contribution in [-0.2, 0) is 11.0 Å². The van der Waals surface area contributed by atoms with E-state index in [-0.39, 0.29) is 34.2 Å². The number of carbonyl (C=O) groups is 1. The highest BCUT2D eigenvalue weighted by atomic mass is 35.5. The number of hydrogen-bond donors (Lipinski definition) is 1. The third-order valence-corrected chi connectivity index (χ3v) is 3.57. The lowest BCUT2D eigenvalue weighted by atomic mass is 10.1. The van der Waals surface area contributed by atoms with Crippen molar-refractivity contribution in [1.82, 2.24) is 5.32 Å². The number of alkyl halides is 3. The van der Waals surface area contributed by atoms with Gasteiger partial charge in [0, 0.05) is 18.2 Å². The Labute approximate surface area is 152 Å². The summed E-state index contributed by atoms with van der Waals surface area (Å²) in [5.41, 5.74) is -1.04. The molecule has 4 nitrogen and oxygen atoms in total. The maximum Gasteiger partial charge on any atom is 0.416 e. The molecule has 1 N–H and O–H groups in total. The van der Waals surface area contributed by atoms with E-state index in [4.69, 9.17) is 21.3 Å². The molecule has 26 heavy (non-hydrogen) atoms. The van der Waals surface area contributed by atoms with Crippen LogP contribution in [0.2, 0.25) is 5.02 Å². The zero-order valence-electron chi connectivity index (χ0n) is 13.2. The second-order valence-electron chi connectivity index (χ2n) is 5.06. The number of furan rings is 1. The Hall–Kier alpha value is -2.98. The fourth-order valence-corrected chi connectivity index (χ4v) is 2.23. The molecule has 2 aromatic rings. The molecule has 0 aliphatic carbocycles. The molecule has 1 aromatic heterocycles. The molecule has 8 heteroatoms. The molecule has 0 saturated heterocycles. The summed E-state index contributed by atoms with van der Waals surface area (Å²) in [5, 5.41) is 11.6.